The topological polar surface area (TPSA) is 92.7 Å². The van der Waals surface area contributed by atoms with Gasteiger partial charge in [-0.3, -0.25) is 14.7 Å². The molecule has 0 spiro atoms. The smallest absolute Gasteiger partial charge is 0.267 e. The van der Waals surface area contributed by atoms with Crippen LogP contribution in [0.15, 0.2) is 23.3 Å². The van der Waals surface area contributed by atoms with Gasteiger partial charge in [-0.25, -0.2) is 4.68 Å². The summed E-state index contributed by atoms with van der Waals surface area (Å²) in [4.78, 5) is 23.5. The maximum atomic E-state index is 11.9. The summed E-state index contributed by atoms with van der Waals surface area (Å²) in [6.07, 6.45) is 5.90. The first-order valence-corrected chi connectivity index (χ1v) is 6.61. The Bertz CT molecular complexity index is 675. The molecule has 2 aromatic heterocycles. The van der Waals surface area contributed by atoms with Crippen molar-refractivity contribution < 1.29 is 4.79 Å². The van der Waals surface area contributed by atoms with E-state index in [9.17, 15) is 9.59 Å². The molecule has 1 amide bonds. The summed E-state index contributed by atoms with van der Waals surface area (Å²) < 4.78 is 1.42. The number of H-pyrrole nitrogens is 1. The number of carbonyl (C=O) groups excluding carboxylic acids is 1. The second-order valence-corrected chi connectivity index (χ2v) is 4.77. The van der Waals surface area contributed by atoms with Crippen LogP contribution in [0.1, 0.15) is 28.0 Å². The van der Waals surface area contributed by atoms with Crippen LogP contribution in [-0.4, -0.2) is 32.4 Å². The number of aromatic amines is 1. The van der Waals surface area contributed by atoms with Crippen molar-refractivity contribution >= 4 is 5.91 Å². The highest BCUT2D eigenvalue weighted by Gasteiger charge is 2.14. The quantitative estimate of drug-likeness (QED) is 0.812. The number of amides is 1. The Hall–Kier alpha value is -2.44. The highest BCUT2D eigenvalue weighted by Crippen LogP contribution is 2.16. The molecule has 0 aromatic carbocycles. The van der Waals surface area contributed by atoms with Crippen molar-refractivity contribution in [3.63, 3.8) is 0 Å². The van der Waals surface area contributed by atoms with Gasteiger partial charge in [-0.1, -0.05) is 0 Å². The van der Waals surface area contributed by atoms with Crippen LogP contribution in [-0.2, 0) is 19.4 Å². The number of aryl methyl sites for hydroxylation is 2. The Morgan fingerprint density at radius 3 is 3.15 bits per heavy atom. The number of nitrogens with zero attached hydrogens (tertiary/aromatic N) is 3. The molecule has 0 radical (unpaired) electrons. The van der Waals surface area contributed by atoms with Crippen LogP contribution in [0.4, 0.5) is 0 Å². The van der Waals surface area contributed by atoms with Crippen molar-refractivity contribution in [1.29, 1.82) is 0 Å². The lowest BCUT2D eigenvalue weighted by atomic mass is 10.2. The minimum atomic E-state index is -0.215. The second kappa shape index (κ2) is 5.28. The summed E-state index contributed by atoms with van der Waals surface area (Å²) in [7, 11) is 0. The molecule has 1 aliphatic carbocycles. The molecular formula is C13H15N5O2. The standard InChI is InChI=1S/C13H15N5O2/c19-12-6-9-2-1-3-11(9)17-18(12)5-4-14-13(20)10-7-15-16-8-10/h6-8H,1-5H2,(H,14,20)(H,15,16). The van der Waals surface area contributed by atoms with E-state index in [1.165, 1.54) is 17.1 Å². The van der Waals surface area contributed by atoms with E-state index in [2.05, 4.69) is 20.6 Å². The number of hydrogen-bond acceptors (Lipinski definition) is 4. The largest absolute Gasteiger partial charge is 0.350 e. The molecule has 20 heavy (non-hydrogen) atoms. The monoisotopic (exact) mass is 273 g/mol. The average Bonchev–Trinajstić information content (AvgIpc) is 3.08. The van der Waals surface area contributed by atoms with Gasteiger partial charge in [0.25, 0.3) is 11.5 Å². The van der Waals surface area contributed by atoms with E-state index in [4.69, 9.17) is 0 Å². The van der Waals surface area contributed by atoms with E-state index in [0.29, 0.717) is 18.7 Å². The molecule has 0 atom stereocenters. The molecule has 0 saturated carbocycles. The molecule has 2 aromatic rings. The van der Waals surface area contributed by atoms with Gasteiger partial charge < -0.3 is 5.32 Å². The molecule has 7 nitrogen and oxygen atoms in total. The number of nitrogens with one attached hydrogen (secondary N) is 2. The number of fused-ring (bicyclic) bond motifs is 1. The third kappa shape index (κ3) is 2.47. The summed E-state index contributed by atoms with van der Waals surface area (Å²) in [6, 6.07) is 1.66. The van der Waals surface area contributed by atoms with E-state index < -0.39 is 0 Å². The van der Waals surface area contributed by atoms with Gasteiger partial charge in [0.05, 0.1) is 24.0 Å². The van der Waals surface area contributed by atoms with Gasteiger partial charge >= 0.3 is 0 Å². The fourth-order valence-corrected chi connectivity index (χ4v) is 2.35. The third-order valence-corrected chi connectivity index (χ3v) is 3.39. The molecule has 0 bridgehead atoms. The molecule has 0 unspecified atom stereocenters. The lowest BCUT2D eigenvalue weighted by molar-refractivity contribution is 0.0952. The van der Waals surface area contributed by atoms with Crippen molar-refractivity contribution in [2.24, 2.45) is 0 Å². The van der Waals surface area contributed by atoms with E-state index in [1.54, 1.807) is 6.07 Å². The van der Waals surface area contributed by atoms with Crippen molar-refractivity contribution in [3.8, 4) is 0 Å². The Balaban J connectivity index is 1.62. The Kier molecular flexibility index (Phi) is 3.32. The van der Waals surface area contributed by atoms with Crippen molar-refractivity contribution in [2.45, 2.75) is 25.8 Å². The van der Waals surface area contributed by atoms with Gasteiger partial charge in [-0.05, 0) is 24.8 Å². The van der Waals surface area contributed by atoms with E-state index >= 15 is 0 Å². The number of aromatic nitrogens is 4. The molecule has 0 saturated heterocycles. The van der Waals surface area contributed by atoms with Crippen molar-refractivity contribution in [1.82, 2.24) is 25.3 Å². The van der Waals surface area contributed by atoms with Gasteiger partial charge in [-0.2, -0.15) is 10.2 Å². The first-order chi connectivity index (χ1) is 9.74. The predicted octanol–water partition coefficient (Wildman–Crippen LogP) is -0.115. The summed E-state index contributed by atoms with van der Waals surface area (Å²) in [5, 5.41) is 13.4. The zero-order valence-corrected chi connectivity index (χ0v) is 10.9. The zero-order valence-electron chi connectivity index (χ0n) is 10.9. The molecule has 0 fully saturated rings. The lowest BCUT2D eigenvalue weighted by Crippen LogP contribution is -2.32. The maximum absolute atomic E-state index is 11.9. The molecule has 2 N–H and O–H groups in total. The van der Waals surface area contributed by atoms with Crippen molar-refractivity contribution in [3.05, 3.63) is 45.6 Å². The number of carbonyl (C=O) groups is 1. The van der Waals surface area contributed by atoms with Crippen LogP contribution < -0.4 is 10.9 Å². The van der Waals surface area contributed by atoms with Gasteiger partial charge in [-0.15, -0.1) is 0 Å². The summed E-state index contributed by atoms with van der Waals surface area (Å²) in [6.45, 7) is 0.728. The predicted molar refractivity (Wildman–Crippen MR) is 71.4 cm³/mol. The first kappa shape index (κ1) is 12.6. The fraction of sp³-hybridized carbons (Fsp3) is 0.385. The van der Waals surface area contributed by atoms with Gasteiger partial charge in [0.2, 0.25) is 0 Å². The fourth-order valence-electron chi connectivity index (χ4n) is 2.35. The number of hydrogen-bond donors (Lipinski definition) is 2. The molecule has 2 heterocycles. The average molecular weight is 273 g/mol. The Labute approximate surface area is 115 Å². The van der Waals surface area contributed by atoms with Crippen LogP contribution in [0, 0.1) is 0 Å². The number of rotatable bonds is 4. The van der Waals surface area contributed by atoms with Gasteiger partial charge in [0, 0.05) is 18.8 Å². The van der Waals surface area contributed by atoms with Crippen LogP contribution in [0.2, 0.25) is 0 Å². The normalized spacial score (nSPS) is 13.2. The van der Waals surface area contributed by atoms with E-state index in [0.717, 1.165) is 30.5 Å². The van der Waals surface area contributed by atoms with Crippen LogP contribution >= 0.6 is 0 Å². The Morgan fingerprint density at radius 2 is 2.35 bits per heavy atom. The summed E-state index contributed by atoms with van der Waals surface area (Å²) in [5.41, 5.74) is 2.43. The lowest BCUT2D eigenvalue weighted by Gasteiger charge is -2.07. The zero-order chi connectivity index (χ0) is 13.9. The molecular weight excluding hydrogens is 258 g/mol. The SMILES string of the molecule is O=C(NCCn1nc2c(cc1=O)CCC2)c1cn[nH]c1. The highest BCUT2D eigenvalue weighted by atomic mass is 16.2. The van der Waals surface area contributed by atoms with Crippen LogP contribution in [0.5, 0.6) is 0 Å². The second-order valence-electron chi connectivity index (χ2n) is 4.77. The minimum absolute atomic E-state index is 0.108. The van der Waals surface area contributed by atoms with Crippen LogP contribution in [0.25, 0.3) is 0 Å². The molecule has 3 rings (SSSR count). The van der Waals surface area contributed by atoms with Crippen LogP contribution in [0.3, 0.4) is 0 Å². The van der Waals surface area contributed by atoms with Gasteiger partial charge in [0.15, 0.2) is 0 Å². The summed E-state index contributed by atoms with van der Waals surface area (Å²) in [5.74, 6) is -0.215. The highest BCUT2D eigenvalue weighted by molar-refractivity contribution is 5.93. The minimum Gasteiger partial charge on any atom is -0.350 e. The third-order valence-electron chi connectivity index (χ3n) is 3.39. The Morgan fingerprint density at radius 1 is 1.45 bits per heavy atom. The first-order valence-electron chi connectivity index (χ1n) is 6.61. The molecule has 1 aliphatic rings. The van der Waals surface area contributed by atoms with E-state index in [1.807, 2.05) is 0 Å². The molecule has 104 valence electrons. The molecule has 7 heteroatoms. The molecule has 0 aliphatic heterocycles. The van der Waals surface area contributed by atoms with Crippen molar-refractivity contribution in [2.75, 3.05) is 6.54 Å². The maximum Gasteiger partial charge on any atom is 0.267 e. The van der Waals surface area contributed by atoms with E-state index in [-0.39, 0.29) is 11.5 Å². The summed E-state index contributed by atoms with van der Waals surface area (Å²) >= 11 is 0. The van der Waals surface area contributed by atoms with Gasteiger partial charge in [0.1, 0.15) is 0 Å².